The number of aryl methyl sites for hydroxylation is 2. The highest BCUT2D eigenvalue weighted by molar-refractivity contribution is 6.09. The summed E-state index contributed by atoms with van der Waals surface area (Å²) in [5, 5.41) is 1.42. The van der Waals surface area contributed by atoms with Gasteiger partial charge in [-0.05, 0) is 26.0 Å². The number of carbonyl (C=O) groups excluding carboxylic acids is 4. The van der Waals surface area contributed by atoms with Crippen LogP contribution in [-0.4, -0.2) is 33.8 Å². The molecule has 0 bridgehead atoms. The molecule has 2 heterocycles. The number of aromatic amines is 2. The number of rotatable bonds is 5. The summed E-state index contributed by atoms with van der Waals surface area (Å²) in [7, 11) is 0. The lowest BCUT2D eigenvalue weighted by Crippen LogP contribution is -2.07. The van der Waals surface area contributed by atoms with Crippen LogP contribution in [0.2, 0.25) is 0 Å². The fourth-order valence-corrected chi connectivity index (χ4v) is 4.26. The fourth-order valence-electron chi connectivity index (χ4n) is 4.26. The van der Waals surface area contributed by atoms with Crippen LogP contribution in [0.3, 0.4) is 0 Å². The van der Waals surface area contributed by atoms with Crippen LogP contribution in [0.4, 0.5) is 0 Å². The average Bonchev–Trinajstić information content (AvgIpc) is 3.20. The summed E-state index contributed by atoms with van der Waals surface area (Å²) in [4.78, 5) is 53.2. The van der Waals surface area contributed by atoms with Gasteiger partial charge in [0.05, 0.1) is 11.0 Å². The van der Waals surface area contributed by atoms with Gasteiger partial charge < -0.3 is 28.9 Å². The van der Waals surface area contributed by atoms with E-state index < -0.39 is 23.9 Å². The highest BCUT2D eigenvalue weighted by Gasteiger charge is 2.23. The first-order valence-corrected chi connectivity index (χ1v) is 11.0. The number of carbonyl (C=O) groups is 4. The van der Waals surface area contributed by atoms with E-state index in [1.54, 1.807) is 24.3 Å². The predicted molar refractivity (Wildman–Crippen MR) is 130 cm³/mol. The molecule has 0 aliphatic rings. The zero-order chi connectivity index (χ0) is 26.3. The number of ether oxygens (including phenoxy) is 4. The van der Waals surface area contributed by atoms with Gasteiger partial charge in [-0.15, -0.1) is 0 Å². The molecule has 10 heteroatoms. The van der Waals surface area contributed by atoms with Gasteiger partial charge in [0.15, 0.2) is 23.0 Å². The Balaban J connectivity index is 2.00. The van der Waals surface area contributed by atoms with Crippen LogP contribution in [-0.2, 0) is 19.2 Å². The molecule has 10 nitrogen and oxygen atoms in total. The lowest BCUT2D eigenvalue weighted by atomic mass is 9.98. The van der Waals surface area contributed by atoms with E-state index in [1.807, 2.05) is 13.8 Å². The highest BCUT2D eigenvalue weighted by atomic mass is 16.6. The second-order valence-corrected chi connectivity index (χ2v) is 8.31. The molecule has 0 aliphatic carbocycles. The smallest absolute Gasteiger partial charge is 0.308 e. The highest BCUT2D eigenvalue weighted by Crippen LogP contribution is 2.45. The molecule has 0 amide bonds. The molecule has 0 saturated carbocycles. The maximum absolute atomic E-state index is 11.7. The van der Waals surface area contributed by atoms with Gasteiger partial charge in [-0.2, -0.15) is 0 Å². The molecular weight excluding hydrogens is 468 g/mol. The number of aromatic nitrogens is 2. The molecular formula is C26H24N2O8. The van der Waals surface area contributed by atoms with Crippen LogP contribution in [0.5, 0.6) is 23.0 Å². The van der Waals surface area contributed by atoms with Gasteiger partial charge in [-0.1, -0.05) is 0 Å². The number of hydrogen-bond acceptors (Lipinski definition) is 8. The van der Waals surface area contributed by atoms with Gasteiger partial charge in [-0.3, -0.25) is 19.2 Å². The summed E-state index contributed by atoms with van der Waals surface area (Å²) in [5.41, 5.74) is 4.48. The van der Waals surface area contributed by atoms with E-state index in [9.17, 15) is 19.2 Å². The lowest BCUT2D eigenvalue weighted by molar-refractivity contribution is -0.134. The number of esters is 4. The van der Waals surface area contributed by atoms with Crippen molar-refractivity contribution in [3.05, 3.63) is 35.7 Å². The zero-order valence-electron chi connectivity index (χ0n) is 20.6. The van der Waals surface area contributed by atoms with E-state index in [-0.39, 0.29) is 23.0 Å². The fraction of sp³-hybridized carbons (Fsp3) is 0.231. The first-order valence-electron chi connectivity index (χ1n) is 11.0. The number of fused-ring (bicyclic) bond motifs is 2. The van der Waals surface area contributed by atoms with E-state index in [2.05, 4.69) is 9.97 Å². The first-order chi connectivity index (χ1) is 16.9. The zero-order valence-corrected chi connectivity index (χ0v) is 20.6. The average molecular weight is 492 g/mol. The summed E-state index contributed by atoms with van der Waals surface area (Å²) in [6.07, 6.45) is 0. The van der Waals surface area contributed by atoms with E-state index in [1.165, 1.54) is 27.7 Å². The molecule has 0 unspecified atom stereocenters. The summed E-state index contributed by atoms with van der Waals surface area (Å²) < 4.78 is 21.2. The molecule has 0 atom stereocenters. The van der Waals surface area contributed by atoms with E-state index in [0.717, 1.165) is 22.5 Å². The van der Waals surface area contributed by atoms with Gasteiger partial charge in [0.25, 0.3) is 0 Å². The van der Waals surface area contributed by atoms with Crippen molar-refractivity contribution in [3.63, 3.8) is 0 Å². The number of nitrogens with one attached hydrogen (secondary N) is 2. The Bertz CT molecular complexity index is 1460. The van der Waals surface area contributed by atoms with Crippen LogP contribution >= 0.6 is 0 Å². The minimum Gasteiger partial charge on any atom is -0.423 e. The van der Waals surface area contributed by atoms with Gasteiger partial charge >= 0.3 is 23.9 Å². The third kappa shape index (κ3) is 4.65. The molecule has 4 rings (SSSR count). The third-order valence-electron chi connectivity index (χ3n) is 5.37. The van der Waals surface area contributed by atoms with Gasteiger partial charge in [0, 0.05) is 73.1 Å². The van der Waals surface area contributed by atoms with Crippen molar-refractivity contribution in [2.75, 3.05) is 0 Å². The van der Waals surface area contributed by atoms with Crippen LogP contribution in [0.15, 0.2) is 24.3 Å². The molecule has 2 aromatic carbocycles. The molecule has 36 heavy (non-hydrogen) atoms. The largest absolute Gasteiger partial charge is 0.423 e. The summed E-state index contributed by atoms with van der Waals surface area (Å²) in [5.74, 6) is -1.83. The second kappa shape index (κ2) is 9.21. The van der Waals surface area contributed by atoms with Gasteiger partial charge in [-0.25, -0.2) is 0 Å². The van der Waals surface area contributed by atoms with Crippen LogP contribution in [0.25, 0.3) is 32.9 Å². The Labute approximate surface area is 205 Å². The van der Waals surface area contributed by atoms with E-state index >= 15 is 0 Å². The Morgan fingerprint density at radius 3 is 1.08 bits per heavy atom. The van der Waals surface area contributed by atoms with Crippen molar-refractivity contribution in [1.82, 2.24) is 9.97 Å². The molecule has 2 N–H and O–H groups in total. The molecule has 0 spiro atoms. The van der Waals surface area contributed by atoms with Crippen molar-refractivity contribution in [3.8, 4) is 34.1 Å². The topological polar surface area (TPSA) is 137 Å². The minimum atomic E-state index is -0.566. The molecule has 2 aromatic heterocycles. The molecule has 0 fully saturated rings. The van der Waals surface area contributed by atoms with Crippen molar-refractivity contribution in [1.29, 1.82) is 0 Å². The third-order valence-corrected chi connectivity index (χ3v) is 5.37. The van der Waals surface area contributed by atoms with Crippen molar-refractivity contribution >= 4 is 45.7 Å². The maximum Gasteiger partial charge on any atom is 0.308 e. The SMILES string of the molecule is CC(=O)Oc1cc2[nH]c(C)c(-c3c(C)[nH]c4cc(OC(C)=O)c(OC(C)=O)cc34)c2cc1OC(C)=O. The second-order valence-electron chi connectivity index (χ2n) is 8.31. The van der Waals surface area contributed by atoms with E-state index in [0.29, 0.717) is 21.8 Å². The normalized spacial score (nSPS) is 10.9. The minimum absolute atomic E-state index is 0.0979. The number of hydrogen-bond donors (Lipinski definition) is 2. The summed E-state index contributed by atoms with van der Waals surface area (Å²) in [6.45, 7) is 8.79. The summed E-state index contributed by atoms with van der Waals surface area (Å²) in [6, 6.07) is 6.45. The number of benzene rings is 2. The quantitative estimate of drug-likeness (QED) is 0.304. The van der Waals surface area contributed by atoms with Gasteiger partial charge in [0.1, 0.15) is 0 Å². The first kappa shape index (κ1) is 24.5. The lowest BCUT2D eigenvalue weighted by Gasteiger charge is -2.11. The predicted octanol–water partition coefficient (Wildman–Crippen LogP) is 4.63. The Hall–Kier alpha value is -4.60. The van der Waals surface area contributed by atoms with Crippen molar-refractivity contribution < 1.29 is 38.1 Å². The van der Waals surface area contributed by atoms with Crippen molar-refractivity contribution in [2.45, 2.75) is 41.5 Å². The molecule has 0 aliphatic heterocycles. The van der Waals surface area contributed by atoms with Crippen molar-refractivity contribution in [2.24, 2.45) is 0 Å². The maximum atomic E-state index is 11.7. The standard InChI is InChI=1S/C26H24N2O8/c1-11-25(17-7-21(33-13(3)29)23(35-15(5)31)9-19(17)27-11)26-12(2)28-20-10-24(36-16(6)32)22(8-18(20)26)34-14(4)30/h7-10,27-28H,1-6H3. The molecule has 0 radical (unpaired) electrons. The Morgan fingerprint density at radius 2 is 0.806 bits per heavy atom. The van der Waals surface area contributed by atoms with Crippen LogP contribution < -0.4 is 18.9 Å². The Kier molecular flexibility index (Phi) is 6.28. The Morgan fingerprint density at radius 1 is 0.528 bits per heavy atom. The summed E-state index contributed by atoms with van der Waals surface area (Å²) >= 11 is 0. The van der Waals surface area contributed by atoms with Gasteiger partial charge in [0.2, 0.25) is 0 Å². The van der Waals surface area contributed by atoms with Crippen LogP contribution in [0.1, 0.15) is 39.1 Å². The van der Waals surface area contributed by atoms with Crippen LogP contribution in [0, 0.1) is 13.8 Å². The molecule has 0 saturated heterocycles. The molecule has 186 valence electrons. The monoisotopic (exact) mass is 492 g/mol. The molecule has 4 aromatic rings. The number of H-pyrrole nitrogens is 2. The van der Waals surface area contributed by atoms with E-state index in [4.69, 9.17) is 18.9 Å².